The number of rotatable bonds is 2. The third kappa shape index (κ3) is 2.43. The second-order valence-corrected chi connectivity index (χ2v) is 4.22. The van der Waals surface area contributed by atoms with Gasteiger partial charge in [0, 0.05) is 5.02 Å². The van der Waals surface area contributed by atoms with Gasteiger partial charge in [0.1, 0.15) is 11.9 Å². The van der Waals surface area contributed by atoms with Gasteiger partial charge in [-0.05, 0) is 37.5 Å². The van der Waals surface area contributed by atoms with E-state index in [0.717, 1.165) is 25.0 Å². The van der Waals surface area contributed by atoms with Crippen molar-refractivity contribution < 1.29 is 4.74 Å². The van der Waals surface area contributed by atoms with E-state index >= 15 is 0 Å². The summed E-state index contributed by atoms with van der Waals surface area (Å²) in [5.41, 5.74) is 0. The van der Waals surface area contributed by atoms with E-state index in [-0.39, 0.29) is 12.0 Å². The topological polar surface area (TPSA) is 33.0 Å². The van der Waals surface area contributed by atoms with Crippen LogP contribution in [0.25, 0.3) is 0 Å². The highest BCUT2D eigenvalue weighted by Gasteiger charge is 2.28. The smallest absolute Gasteiger partial charge is 0.121 e. The van der Waals surface area contributed by atoms with Crippen molar-refractivity contribution in [1.82, 2.24) is 0 Å². The Bertz CT molecular complexity index is 385. The number of nitriles is 1. The Kier molecular flexibility index (Phi) is 3.13. The molecule has 1 saturated carbocycles. The molecule has 1 aromatic rings. The first-order valence-electron chi connectivity index (χ1n) is 5.11. The van der Waals surface area contributed by atoms with Gasteiger partial charge in [-0.1, -0.05) is 17.7 Å². The predicted octanol–water partition coefficient (Wildman–Crippen LogP) is 3.41. The first-order chi connectivity index (χ1) is 7.29. The van der Waals surface area contributed by atoms with Crippen LogP contribution in [0.3, 0.4) is 0 Å². The van der Waals surface area contributed by atoms with Crippen molar-refractivity contribution in [2.75, 3.05) is 0 Å². The summed E-state index contributed by atoms with van der Waals surface area (Å²) in [4.78, 5) is 0. The Morgan fingerprint density at radius 2 is 2.27 bits per heavy atom. The summed E-state index contributed by atoms with van der Waals surface area (Å²) in [6.45, 7) is 0. The highest BCUT2D eigenvalue weighted by Crippen LogP contribution is 2.29. The maximum atomic E-state index is 8.91. The third-order valence-electron chi connectivity index (χ3n) is 2.70. The number of nitrogens with zero attached hydrogens (tertiary/aromatic N) is 1. The van der Waals surface area contributed by atoms with Gasteiger partial charge in [-0.25, -0.2) is 0 Å². The van der Waals surface area contributed by atoms with Crippen molar-refractivity contribution in [3.8, 4) is 11.8 Å². The normalized spacial score (nSPS) is 24.8. The zero-order valence-corrected chi connectivity index (χ0v) is 9.07. The average molecular weight is 222 g/mol. The minimum absolute atomic E-state index is 0.0315. The quantitative estimate of drug-likeness (QED) is 0.767. The number of ether oxygens (including phenoxy) is 1. The fourth-order valence-electron chi connectivity index (χ4n) is 1.93. The first kappa shape index (κ1) is 10.3. The van der Waals surface area contributed by atoms with Gasteiger partial charge >= 0.3 is 0 Å². The van der Waals surface area contributed by atoms with Crippen LogP contribution < -0.4 is 4.74 Å². The van der Waals surface area contributed by atoms with Crippen LogP contribution in [0.4, 0.5) is 0 Å². The van der Waals surface area contributed by atoms with E-state index in [1.54, 1.807) is 6.07 Å². The van der Waals surface area contributed by atoms with Gasteiger partial charge in [0.15, 0.2) is 0 Å². The van der Waals surface area contributed by atoms with Crippen LogP contribution in [0, 0.1) is 17.2 Å². The van der Waals surface area contributed by atoms with Gasteiger partial charge in [-0.2, -0.15) is 5.26 Å². The molecule has 2 atom stereocenters. The van der Waals surface area contributed by atoms with Crippen LogP contribution in [0.5, 0.6) is 5.75 Å². The summed E-state index contributed by atoms with van der Waals surface area (Å²) >= 11 is 5.86. The summed E-state index contributed by atoms with van der Waals surface area (Å²) in [5, 5.41) is 9.58. The standard InChI is InChI=1S/C12H12ClNO/c13-10-4-2-5-11(7-10)15-12-6-1-3-9(12)8-14/h2,4-5,7,9,12H,1,3,6H2. The minimum Gasteiger partial charge on any atom is -0.489 e. The van der Waals surface area contributed by atoms with Crippen LogP contribution in [0.15, 0.2) is 24.3 Å². The molecule has 0 spiro atoms. The Morgan fingerprint density at radius 1 is 1.40 bits per heavy atom. The van der Waals surface area contributed by atoms with E-state index in [1.807, 2.05) is 18.2 Å². The summed E-state index contributed by atoms with van der Waals surface area (Å²) in [6.07, 6.45) is 3.02. The van der Waals surface area contributed by atoms with Crippen molar-refractivity contribution in [2.45, 2.75) is 25.4 Å². The summed E-state index contributed by atoms with van der Waals surface area (Å²) < 4.78 is 5.75. The molecular formula is C12H12ClNO. The van der Waals surface area contributed by atoms with E-state index in [9.17, 15) is 0 Å². The molecule has 1 aromatic carbocycles. The molecule has 0 radical (unpaired) electrons. The fourth-order valence-corrected chi connectivity index (χ4v) is 2.11. The van der Waals surface area contributed by atoms with Crippen molar-refractivity contribution in [3.63, 3.8) is 0 Å². The van der Waals surface area contributed by atoms with Gasteiger partial charge in [-0.3, -0.25) is 0 Å². The molecule has 78 valence electrons. The average Bonchev–Trinajstić information content (AvgIpc) is 2.65. The lowest BCUT2D eigenvalue weighted by Crippen LogP contribution is -2.19. The van der Waals surface area contributed by atoms with Crippen LogP contribution in [0.2, 0.25) is 5.02 Å². The summed E-state index contributed by atoms with van der Waals surface area (Å²) in [5.74, 6) is 0.790. The Balaban J connectivity index is 2.06. The van der Waals surface area contributed by atoms with Crippen LogP contribution in [-0.4, -0.2) is 6.10 Å². The lowest BCUT2D eigenvalue weighted by Gasteiger charge is -2.16. The van der Waals surface area contributed by atoms with Gasteiger partial charge < -0.3 is 4.74 Å². The Labute approximate surface area is 94.4 Å². The second-order valence-electron chi connectivity index (χ2n) is 3.78. The number of hydrogen-bond acceptors (Lipinski definition) is 2. The maximum absolute atomic E-state index is 8.91. The van der Waals surface area contributed by atoms with E-state index in [2.05, 4.69) is 6.07 Å². The molecule has 3 heteroatoms. The number of halogens is 1. The Morgan fingerprint density at radius 3 is 3.00 bits per heavy atom. The predicted molar refractivity (Wildman–Crippen MR) is 58.8 cm³/mol. The molecular weight excluding hydrogens is 210 g/mol. The van der Waals surface area contributed by atoms with Crippen LogP contribution in [0.1, 0.15) is 19.3 Å². The highest BCUT2D eigenvalue weighted by atomic mass is 35.5. The van der Waals surface area contributed by atoms with E-state index in [1.165, 1.54) is 0 Å². The minimum atomic E-state index is 0.0315. The molecule has 0 saturated heterocycles. The molecule has 2 rings (SSSR count). The molecule has 0 aliphatic heterocycles. The van der Waals surface area contributed by atoms with Crippen LogP contribution >= 0.6 is 11.6 Å². The number of benzene rings is 1. The van der Waals surface area contributed by atoms with Crippen molar-refractivity contribution in [3.05, 3.63) is 29.3 Å². The largest absolute Gasteiger partial charge is 0.489 e. The van der Waals surface area contributed by atoms with E-state index < -0.39 is 0 Å². The molecule has 0 aromatic heterocycles. The van der Waals surface area contributed by atoms with E-state index in [0.29, 0.717) is 5.02 Å². The van der Waals surface area contributed by atoms with Crippen molar-refractivity contribution in [1.29, 1.82) is 5.26 Å². The maximum Gasteiger partial charge on any atom is 0.121 e. The molecule has 1 aliphatic carbocycles. The molecule has 15 heavy (non-hydrogen) atoms. The molecule has 1 fully saturated rings. The zero-order chi connectivity index (χ0) is 10.7. The monoisotopic (exact) mass is 221 g/mol. The third-order valence-corrected chi connectivity index (χ3v) is 2.94. The van der Waals surface area contributed by atoms with Crippen LogP contribution in [-0.2, 0) is 0 Å². The highest BCUT2D eigenvalue weighted by molar-refractivity contribution is 6.30. The second kappa shape index (κ2) is 4.55. The molecule has 2 nitrogen and oxygen atoms in total. The van der Waals surface area contributed by atoms with Gasteiger partial charge in [0.25, 0.3) is 0 Å². The van der Waals surface area contributed by atoms with Crippen molar-refractivity contribution in [2.24, 2.45) is 5.92 Å². The molecule has 0 heterocycles. The van der Waals surface area contributed by atoms with E-state index in [4.69, 9.17) is 21.6 Å². The number of hydrogen-bond donors (Lipinski definition) is 0. The SMILES string of the molecule is N#CC1CCCC1Oc1cccc(Cl)c1. The molecule has 0 N–H and O–H groups in total. The molecule has 1 aliphatic rings. The van der Waals surface area contributed by atoms with Gasteiger partial charge in [0.2, 0.25) is 0 Å². The summed E-state index contributed by atoms with van der Waals surface area (Å²) in [6, 6.07) is 9.62. The van der Waals surface area contributed by atoms with Gasteiger partial charge in [-0.15, -0.1) is 0 Å². The summed E-state index contributed by atoms with van der Waals surface area (Å²) in [7, 11) is 0. The Hall–Kier alpha value is -1.20. The molecule has 0 bridgehead atoms. The molecule has 0 amide bonds. The van der Waals surface area contributed by atoms with Crippen molar-refractivity contribution >= 4 is 11.6 Å². The van der Waals surface area contributed by atoms with Gasteiger partial charge in [0.05, 0.1) is 12.0 Å². The lowest BCUT2D eigenvalue weighted by molar-refractivity contribution is 0.182. The fraction of sp³-hybridized carbons (Fsp3) is 0.417. The molecule has 2 unspecified atom stereocenters. The zero-order valence-electron chi connectivity index (χ0n) is 8.32. The lowest BCUT2D eigenvalue weighted by atomic mass is 10.1. The first-order valence-corrected chi connectivity index (χ1v) is 5.49.